The van der Waals surface area contributed by atoms with Gasteiger partial charge in [-0.15, -0.1) is 0 Å². The molecule has 3 nitrogen and oxygen atoms in total. The van der Waals surface area contributed by atoms with Gasteiger partial charge in [0.05, 0.1) is 0 Å². The number of hydrogen-bond acceptors (Lipinski definition) is 2. The fourth-order valence-corrected chi connectivity index (χ4v) is 3.04. The van der Waals surface area contributed by atoms with Crippen molar-refractivity contribution in [3.05, 3.63) is 33.8 Å². The molecule has 1 fully saturated rings. The highest BCUT2D eigenvalue weighted by molar-refractivity contribution is 9.10. The van der Waals surface area contributed by atoms with Gasteiger partial charge in [0.25, 0.3) is 5.91 Å². The molecule has 0 bridgehead atoms. The van der Waals surface area contributed by atoms with Gasteiger partial charge in [0.1, 0.15) is 0 Å². The Morgan fingerprint density at radius 3 is 2.89 bits per heavy atom. The molecule has 1 amide bonds. The van der Waals surface area contributed by atoms with Gasteiger partial charge in [-0.1, -0.05) is 22.4 Å². The van der Waals surface area contributed by atoms with E-state index in [-0.39, 0.29) is 5.91 Å². The van der Waals surface area contributed by atoms with E-state index < -0.39 is 0 Å². The first-order chi connectivity index (χ1) is 9.08. The molecular weight excluding hydrogens is 304 g/mol. The van der Waals surface area contributed by atoms with Crippen LogP contribution in [0.2, 0.25) is 0 Å². The summed E-state index contributed by atoms with van der Waals surface area (Å²) in [5, 5.41) is 3.48. The second-order valence-electron chi connectivity index (χ2n) is 5.29. The van der Waals surface area contributed by atoms with Gasteiger partial charge in [0.15, 0.2) is 0 Å². The molecule has 0 saturated carbocycles. The highest BCUT2D eigenvalue weighted by atomic mass is 79.9. The first kappa shape index (κ1) is 14.5. The molecule has 1 N–H and O–H groups in total. The van der Waals surface area contributed by atoms with Crippen LogP contribution < -0.4 is 5.32 Å². The van der Waals surface area contributed by atoms with Crippen LogP contribution in [-0.2, 0) is 0 Å². The van der Waals surface area contributed by atoms with E-state index >= 15 is 0 Å². The van der Waals surface area contributed by atoms with Crippen LogP contribution in [0.15, 0.2) is 22.7 Å². The van der Waals surface area contributed by atoms with E-state index in [0.29, 0.717) is 6.04 Å². The summed E-state index contributed by atoms with van der Waals surface area (Å²) in [6.45, 7) is 3.84. The maximum absolute atomic E-state index is 12.4. The lowest BCUT2D eigenvalue weighted by atomic mass is 10.0. The quantitative estimate of drug-likeness (QED) is 0.927. The molecule has 1 aliphatic heterocycles. The van der Waals surface area contributed by atoms with E-state index in [1.54, 1.807) is 0 Å². The molecule has 1 saturated heterocycles. The lowest BCUT2D eigenvalue weighted by Gasteiger charge is -2.28. The van der Waals surface area contributed by atoms with E-state index in [0.717, 1.165) is 35.1 Å². The highest BCUT2D eigenvalue weighted by Gasteiger charge is 2.19. The number of benzene rings is 1. The number of nitrogens with one attached hydrogen (secondary N) is 1. The monoisotopic (exact) mass is 324 g/mol. The molecule has 0 spiro atoms. The molecular formula is C15H21BrN2O. The Morgan fingerprint density at radius 2 is 2.26 bits per heavy atom. The van der Waals surface area contributed by atoms with Crippen molar-refractivity contribution >= 4 is 21.8 Å². The Bertz CT molecular complexity index is 455. The van der Waals surface area contributed by atoms with Crippen LogP contribution in [0.4, 0.5) is 0 Å². The van der Waals surface area contributed by atoms with Crippen LogP contribution in [0.1, 0.15) is 35.2 Å². The molecule has 104 valence electrons. The first-order valence-corrected chi connectivity index (χ1v) is 7.62. The van der Waals surface area contributed by atoms with Crippen LogP contribution in [0, 0.1) is 6.92 Å². The number of piperidine rings is 1. The molecule has 4 heteroatoms. The van der Waals surface area contributed by atoms with Gasteiger partial charge in [0, 0.05) is 29.7 Å². The normalized spacial score (nSPS) is 19.2. The lowest BCUT2D eigenvalue weighted by Crippen LogP contribution is -2.44. The zero-order valence-corrected chi connectivity index (χ0v) is 13.2. The second-order valence-corrected chi connectivity index (χ2v) is 6.21. The van der Waals surface area contributed by atoms with Crippen molar-refractivity contribution in [3.63, 3.8) is 0 Å². The molecule has 0 aromatic heterocycles. The molecule has 1 atom stereocenters. The number of carbonyl (C=O) groups excluding carboxylic acids is 1. The molecule has 1 aliphatic rings. The number of hydrogen-bond donors (Lipinski definition) is 1. The van der Waals surface area contributed by atoms with Crippen LogP contribution >= 0.6 is 15.9 Å². The third-order valence-corrected chi connectivity index (χ3v) is 4.17. The molecule has 19 heavy (non-hydrogen) atoms. The number of aryl methyl sites for hydroxylation is 1. The fraction of sp³-hybridized carbons (Fsp3) is 0.533. The van der Waals surface area contributed by atoms with Crippen molar-refractivity contribution < 1.29 is 4.79 Å². The zero-order valence-electron chi connectivity index (χ0n) is 11.6. The van der Waals surface area contributed by atoms with E-state index in [2.05, 4.69) is 21.2 Å². The van der Waals surface area contributed by atoms with Gasteiger partial charge in [-0.2, -0.15) is 0 Å². The van der Waals surface area contributed by atoms with Gasteiger partial charge >= 0.3 is 0 Å². The van der Waals surface area contributed by atoms with Crippen LogP contribution in [-0.4, -0.2) is 37.0 Å². The SMILES string of the molecule is Cc1cc(Br)ccc1C(=O)N(C)CC1CCCCN1. The lowest BCUT2D eigenvalue weighted by molar-refractivity contribution is 0.0774. The van der Waals surface area contributed by atoms with Crippen LogP contribution in [0.25, 0.3) is 0 Å². The first-order valence-electron chi connectivity index (χ1n) is 6.83. The van der Waals surface area contributed by atoms with Gasteiger partial charge in [-0.3, -0.25) is 4.79 Å². The largest absolute Gasteiger partial charge is 0.340 e. The van der Waals surface area contributed by atoms with Crippen molar-refractivity contribution in [2.75, 3.05) is 20.1 Å². The van der Waals surface area contributed by atoms with E-state index in [1.165, 1.54) is 12.8 Å². The van der Waals surface area contributed by atoms with E-state index in [1.807, 2.05) is 37.1 Å². The minimum Gasteiger partial charge on any atom is -0.340 e. The van der Waals surface area contributed by atoms with Crippen LogP contribution in [0.3, 0.4) is 0 Å². The summed E-state index contributed by atoms with van der Waals surface area (Å²) in [5.41, 5.74) is 1.81. The van der Waals surface area contributed by atoms with Gasteiger partial charge in [-0.25, -0.2) is 0 Å². The third-order valence-electron chi connectivity index (χ3n) is 3.67. The summed E-state index contributed by atoms with van der Waals surface area (Å²) >= 11 is 3.43. The Labute approximate surface area is 123 Å². The van der Waals surface area contributed by atoms with Crippen LogP contribution in [0.5, 0.6) is 0 Å². The summed E-state index contributed by atoms with van der Waals surface area (Å²) in [6, 6.07) is 6.25. The maximum Gasteiger partial charge on any atom is 0.253 e. The summed E-state index contributed by atoms with van der Waals surface area (Å²) in [5.74, 6) is 0.109. The average Bonchev–Trinajstić information content (AvgIpc) is 2.39. The standard InChI is InChI=1S/C15H21BrN2O/c1-11-9-12(16)6-7-14(11)15(19)18(2)10-13-5-3-4-8-17-13/h6-7,9,13,17H,3-5,8,10H2,1-2H3. The molecule has 1 unspecified atom stereocenters. The van der Waals surface area contributed by atoms with Gasteiger partial charge < -0.3 is 10.2 Å². The molecule has 2 rings (SSSR count). The number of likely N-dealkylation sites (N-methyl/N-ethyl adjacent to an activating group) is 1. The van der Waals surface area contributed by atoms with Crippen molar-refractivity contribution in [3.8, 4) is 0 Å². The number of rotatable bonds is 3. The van der Waals surface area contributed by atoms with Crippen molar-refractivity contribution in [1.29, 1.82) is 0 Å². The topological polar surface area (TPSA) is 32.3 Å². The minimum absolute atomic E-state index is 0.109. The van der Waals surface area contributed by atoms with Gasteiger partial charge in [-0.05, 0) is 50.1 Å². The summed E-state index contributed by atoms with van der Waals surface area (Å²) in [7, 11) is 1.89. The summed E-state index contributed by atoms with van der Waals surface area (Å²) < 4.78 is 1.01. The predicted octanol–water partition coefficient (Wildman–Crippen LogP) is 2.97. The zero-order chi connectivity index (χ0) is 13.8. The minimum atomic E-state index is 0.109. The molecule has 1 aromatic rings. The maximum atomic E-state index is 12.4. The fourth-order valence-electron chi connectivity index (χ4n) is 2.57. The Hall–Kier alpha value is -0.870. The number of halogens is 1. The summed E-state index contributed by atoms with van der Waals surface area (Å²) in [6.07, 6.45) is 3.67. The number of nitrogens with zero attached hydrogens (tertiary/aromatic N) is 1. The van der Waals surface area contributed by atoms with Gasteiger partial charge in [0.2, 0.25) is 0 Å². The molecule has 1 heterocycles. The van der Waals surface area contributed by atoms with Crippen molar-refractivity contribution in [2.45, 2.75) is 32.2 Å². The average molecular weight is 325 g/mol. The third kappa shape index (κ3) is 3.80. The Morgan fingerprint density at radius 1 is 1.47 bits per heavy atom. The van der Waals surface area contributed by atoms with E-state index in [9.17, 15) is 4.79 Å². The summed E-state index contributed by atoms with van der Waals surface area (Å²) in [4.78, 5) is 14.3. The Kier molecular flexibility index (Phi) is 4.99. The van der Waals surface area contributed by atoms with Crippen molar-refractivity contribution in [2.24, 2.45) is 0 Å². The van der Waals surface area contributed by atoms with Crippen molar-refractivity contribution in [1.82, 2.24) is 10.2 Å². The van der Waals surface area contributed by atoms with E-state index in [4.69, 9.17) is 0 Å². The highest BCUT2D eigenvalue weighted by Crippen LogP contribution is 2.17. The molecule has 0 aliphatic carbocycles. The molecule has 0 radical (unpaired) electrons. The second kappa shape index (κ2) is 6.53. The molecule has 1 aromatic carbocycles. The predicted molar refractivity (Wildman–Crippen MR) is 81.5 cm³/mol. The Balaban J connectivity index is 2.01. The smallest absolute Gasteiger partial charge is 0.253 e. The number of amides is 1. The number of carbonyl (C=O) groups is 1.